The Morgan fingerprint density at radius 3 is 2.38 bits per heavy atom. The summed E-state index contributed by atoms with van der Waals surface area (Å²) in [6, 6.07) is 10.6. The molecule has 2 unspecified atom stereocenters. The summed E-state index contributed by atoms with van der Waals surface area (Å²) < 4.78 is 20.0. The van der Waals surface area contributed by atoms with Crippen molar-refractivity contribution in [3.63, 3.8) is 0 Å². The molecule has 1 aliphatic rings. The van der Waals surface area contributed by atoms with Gasteiger partial charge in [0.2, 0.25) is 11.8 Å². The zero-order valence-electron chi connectivity index (χ0n) is 17.8. The van der Waals surface area contributed by atoms with Gasteiger partial charge in [0.25, 0.3) is 0 Å². The predicted molar refractivity (Wildman–Crippen MR) is 117 cm³/mol. The van der Waals surface area contributed by atoms with E-state index in [4.69, 9.17) is 9.84 Å². The lowest BCUT2D eigenvalue weighted by molar-refractivity contribution is -0.137. The molecule has 2 heterocycles. The number of anilines is 1. The van der Waals surface area contributed by atoms with Crippen molar-refractivity contribution in [1.29, 1.82) is 0 Å². The molecule has 11 nitrogen and oxygen atoms in total. The van der Waals surface area contributed by atoms with E-state index in [9.17, 15) is 18.8 Å². The first-order valence-electron chi connectivity index (χ1n) is 10.3. The Morgan fingerprint density at radius 1 is 1.09 bits per heavy atom. The largest absolute Gasteiger partial charge is 0.465 e. The number of nitrogens with zero attached hydrogens (tertiary/aromatic N) is 4. The molecule has 2 atom stereocenters. The van der Waals surface area contributed by atoms with Crippen LogP contribution in [0.3, 0.4) is 0 Å². The molecule has 1 aliphatic heterocycles. The van der Waals surface area contributed by atoms with Gasteiger partial charge in [0.1, 0.15) is 42.6 Å². The van der Waals surface area contributed by atoms with E-state index in [0.29, 0.717) is 17.2 Å². The van der Waals surface area contributed by atoms with E-state index in [1.54, 1.807) is 24.3 Å². The minimum atomic E-state index is -1.23. The molecule has 0 spiro atoms. The molecule has 176 valence electrons. The number of halogens is 1. The van der Waals surface area contributed by atoms with Crippen LogP contribution in [0.5, 0.6) is 11.5 Å². The van der Waals surface area contributed by atoms with Gasteiger partial charge in [-0.25, -0.2) is 18.9 Å². The molecule has 0 radical (unpaired) electrons. The molecule has 2 aromatic carbocycles. The number of ether oxygens (including phenoxy) is 1. The van der Waals surface area contributed by atoms with Crippen molar-refractivity contribution in [1.82, 2.24) is 25.0 Å². The molecule has 3 amide bonds. The smallest absolute Gasteiger partial charge is 0.404 e. The van der Waals surface area contributed by atoms with Crippen LogP contribution >= 0.6 is 0 Å². The molecule has 4 rings (SSSR count). The number of amides is 3. The normalized spacial score (nSPS) is 17.3. The van der Waals surface area contributed by atoms with E-state index in [0.717, 1.165) is 0 Å². The molecule has 12 heteroatoms. The van der Waals surface area contributed by atoms with Crippen molar-refractivity contribution in [2.75, 3.05) is 11.9 Å². The van der Waals surface area contributed by atoms with Crippen LogP contribution in [0.4, 0.5) is 14.9 Å². The summed E-state index contributed by atoms with van der Waals surface area (Å²) in [6.07, 6.45) is 1.57. The van der Waals surface area contributed by atoms with Crippen molar-refractivity contribution < 1.29 is 28.6 Å². The predicted octanol–water partition coefficient (Wildman–Crippen LogP) is 2.09. The van der Waals surface area contributed by atoms with Crippen molar-refractivity contribution >= 4 is 23.6 Å². The Labute approximate surface area is 193 Å². The fourth-order valence-corrected chi connectivity index (χ4v) is 3.65. The number of aromatic nitrogens is 3. The van der Waals surface area contributed by atoms with Crippen molar-refractivity contribution in [2.45, 2.75) is 25.0 Å². The summed E-state index contributed by atoms with van der Waals surface area (Å²) in [5, 5.41) is 18.0. The van der Waals surface area contributed by atoms with Gasteiger partial charge in [-0.1, -0.05) is 0 Å². The fourth-order valence-electron chi connectivity index (χ4n) is 3.65. The zero-order chi connectivity index (χ0) is 24.1. The summed E-state index contributed by atoms with van der Waals surface area (Å²) in [5.74, 6) is -0.257. The van der Waals surface area contributed by atoms with Crippen LogP contribution in [-0.2, 0) is 16.1 Å². The lowest BCUT2D eigenvalue weighted by Crippen LogP contribution is -2.44. The third-order valence-corrected chi connectivity index (χ3v) is 5.19. The van der Waals surface area contributed by atoms with Crippen LogP contribution in [0.1, 0.15) is 6.42 Å². The molecule has 3 aromatic rings. The van der Waals surface area contributed by atoms with Crippen molar-refractivity contribution in [3.8, 4) is 11.5 Å². The zero-order valence-corrected chi connectivity index (χ0v) is 17.8. The Morgan fingerprint density at radius 2 is 1.76 bits per heavy atom. The molecular weight excluding hydrogens is 447 g/mol. The van der Waals surface area contributed by atoms with Crippen LogP contribution in [-0.4, -0.2) is 61.3 Å². The summed E-state index contributed by atoms with van der Waals surface area (Å²) in [6.45, 7) is -0.0681. The van der Waals surface area contributed by atoms with Gasteiger partial charge in [0.15, 0.2) is 0 Å². The third-order valence-electron chi connectivity index (χ3n) is 5.19. The molecule has 3 N–H and O–H groups in total. The van der Waals surface area contributed by atoms with Crippen LogP contribution in [0, 0.1) is 5.82 Å². The maximum atomic E-state index is 13.0. The van der Waals surface area contributed by atoms with Gasteiger partial charge in [-0.2, -0.15) is 5.10 Å². The Balaban J connectivity index is 1.42. The second-order valence-corrected chi connectivity index (χ2v) is 7.61. The van der Waals surface area contributed by atoms with E-state index < -0.39 is 24.1 Å². The third kappa shape index (κ3) is 5.65. The number of likely N-dealkylation sites (tertiary alicyclic amines) is 1. The maximum Gasteiger partial charge on any atom is 0.404 e. The number of hydrogen-bond donors (Lipinski definition) is 3. The van der Waals surface area contributed by atoms with Gasteiger partial charge in [0.05, 0.1) is 6.04 Å². The summed E-state index contributed by atoms with van der Waals surface area (Å²) >= 11 is 0. The highest BCUT2D eigenvalue weighted by Gasteiger charge is 2.40. The number of nitrogens with one attached hydrogen (secondary N) is 2. The number of hydrogen-bond acceptors (Lipinski definition) is 6. The summed E-state index contributed by atoms with van der Waals surface area (Å²) in [5.41, 5.74) is 0.467. The van der Waals surface area contributed by atoms with E-state index in [-0.39, 0.29) is 31.2 Å². The number of carbonyl (C=O) groups excluding carboxylic acids is 2. The summed E-state index contributed by atoms with van der Waals surface area (Å²) in [4.78, 5) is 42.0. The lowest BCUT2D eigenvalue weighted by Gasteiger charge is -2.23. The molecule has 0 bridgehead atoms. The van der Waals surface area contributed by atoms with Gasteiger partial charge < -0.3 is 25.4 Å². The SMILES string of the molecule is O=C(O)NC1CC(C(=O)Nc2ccc(Oc3ccc(F)cc3)cc2)N(C(=O)Cn2cncn2)C1. The second kappa shape index (κ2) is 9.98. The highest BCUT2D eigenvalue weighted by Crippen LogP contribution is 2.25. The minimum absolute atomic E-state index is 0.0579. The van der Waals surface area contributed by atoms with Crippen LogP contribution in [0.25, 0.3) is 0 Å². The first-order chi connectivity index (χ1) is 16.4. The van der Waals surface area contributed by atoms with Gasteiger partial charge >= 0.3 is 6.09 Å². The topological polar surface area (TPSA) is 139 Å². The maximum absolute atomic E-state index is 13.0. The number of carbonyl (C=O) groups is 3. The first kappa shape index (κ1) is 22.7. The van der Waals surface area contributed by atoms with Crippen LogP contribution < -0.4 is 15.4 Å². The van der Waals surface area contributed by atoms with Gasteiger partial charge in [0, 0.05) is 12.2 Å². The van der Waals surface area contributed by atoms with E-state index in [2.05, 4.69) is 20.7 Å². The standard InChI is InChI=1S/C22H21FN6O5/c23-14-1-5-17(6-2-14)34-18-7-3-15(4-8-18)26-21(31)19-9-16(27-22(32)33)10-29(19)20(30)11-28-13-24-12-25-28/h1-8,12-13,16,19,27H,9-11H2,(H,26,31)(H,32,33). The van der Waals surface area contributed by atoms with E-state index in [1.807, 2.05) is 0 Å². The second-order valence-electron chi connectivity index (χ2n) is 7.61. The molecular formula is C22H21FN6O5. The highest BCUT2D eigenvalue weighted by atomic mass is 19.1. The van der Waals surface area contributed by atoms with Crippen molar-refractivity contribution in [3.05, 3.63) is 67.0 Å². The average Bonchev–Trinajstić information content (AvgIpc) is 3.46. The monoisotopic (exact) mass is 468 g/mol. The van der Waals surface area contributed by atoms with E-state index >= 15 is 0 Å². The lowest BCUT2D eigenvalue weighted by atomic mass is 10.1. The molecule has 1 aromatic heterocycles. The number of benzene rings is 2. The molecule has 1 saturated heterocycles. The molecule has 1 fully saturated rings. The summed E-state index contributed by atoms with van der Waals surface area (Å²) in [7, 11) is 0. The Hall–Kier alpha value is -4.48. The van der Waals surface area contributed by atoms with Crippen LogP contribution in [0.2, 0.25) is 0 Å². The van der Waals surface area contributed by atoms with Gasteiger partial charge in [-0.3, -0.25) is 9.59 Å². The number of rotatable bonds is 7. The van der Waals surface area contributed by atoms with Gasteiger partial charge in [-0.05, 0) is 55.0 Å². The van der Waals surface area contributed by atoms with Crippen LogP contribution in [0.15, 0.2) is 61.2 Å². The fraction of sp³-hybridized carbons (Fsp3) is 0.227. The average molecular weight is 468 g/mol. The minimum Gasteiger partial charge on any atom is -0.465 e. The van der Waals surface area contributed by atoms with Crippen molar-refractivity contribution in [2.24, 2.45) is 0 Å². The Kier molecular flexibility index (Phi) is 6.67. The molecule has 0 aliphatic carbocycles. The molecule has 34 heavy (non-hydrogen) atoms. The quantitative estimate of drug-likeness (QED) is 0.483. The Bertz CT molecular complexity index is 1150. The van der Waals surface area contributed by atoms with Gasteiger partial charge in [-0.15, -0.1) is 0 Å². The number of carboxylic acid groups (broad SMARTS) is 1. The molecule has 0 saturated carbocycles. The van der Waals surface area contributed by atoms with E-state index in [1.165, 1.54) is 46.5 Å². The highest BCUT2D eigenvalue weighted by molar-refractivity contribution is 5.97. The first-order valence-corrected chi connectivity index (χ1v) is 10.3.